The van der Waals surface area contributed by atoms with Gasteiger partial charge in [-0.1, -0.05) is 42.5 Å². The fourth-order valence-corrected chi connectivity index (χ4v) is 4.30. The first-order valence-corrected chi connectivity index (χ1v) is 10.3. The number of hydrogen-bond donors (Lipinski definition) is 2. The van der Waals surface area contributed by atoms with Gasteiger partial charge in [-0.15, -0.1) is 0 Å². The van der Waals surface area contributed by atoms with Crippen LogP contribution in [-0.2, 0) is 10.0 Å². The smallest absolute Gasteiger partial charge is 0.262 e. The van der Waals surface area contributed by atoms with Crippen molar-refractivity contribution in [2.45, 2.75) is 4.90 Å². The van der Waals surface area contributed by atoms with Gasteiger partial charge in [0.25, 0.3) is 15.9 Å². The number of fused-ring (bicyclic) bond motifs is 1. The second-order valence-corrected chi connectivity index (χ2v) is 7.97. The summed E-state index contributed by atoms with van der Waals surface area (Å²) < 4.78 is 28.5. The van der Waals surface area contributed by atoms with Crippen molar-refractivity contribution in [1.29, 1.82) is 0 Å². The summed E-state index contributed by atoms with van der Waals surface area (Å²) in [5.74, 6) is -0.263. The van der Waals surface area contributed by atoms with E-state index in [0.29, 0.717) is 27.7 Å². The highest BCUT2D eigenvalue weighted by molar-refractivity contribution is 7.93. The number of hydrogen-bond acceptors (Lipinski definition) is 4. The molecule has 29 heavy (non-hydrogen) atoms. The minimum Gasteiger partial charge on any atom is -0.321 e. The topological polar surface area (TPSA) is 88.2 Å². The molecule has 2 N–H and O–H groups in total. The molecule has 1 amide bonds. The third-order valence-corrected chi connectivity index (χ3v) is 5.83. The Morgan fingerprint density at radius 3 is 2.14 bits per heavy atom. The first-order valence-electron chi connectivity index (χ1n) is 8.85. The number of anilines is 2. The van der Waals surface area contributed by atoms with Crippen LogP contribution in [0.25, 0.3) is 10.8 Å². The molecule has 0 bridgehead atoms. The summed E-state index contributed by atoms with van der Waals surface area (Å²) in [5, 5.41) is 4.01. The molecule has 0 aliphatic rings. The molecule has 1 aromatic heterocycles. The first kappa shape index (κ1) is 18.6. The highest BCUT2D eigenvalue weighted by Crippen LogP contribution is 2.30. The zero-order chi connectivity index (χ0) is 20.3. The van der Waals surface area contributed by atoms with Gasteiger partial charge < -0.3 is 5.32 Å². The Kier molecular flexibility index (Phi) is 4.97. The van der Waals surface area contributed by atoms with Crippen LogP contribution in [0.4, 0.5) is 11.4 Å². The zero-order valence-electron chi connectivity index (χ0n) is 15.2. The van der Waals surface area contributed by atoms with E-state index in [0.717, 1.165) is 0 Å². The lowest BCUT2D eigenvalue weighted by Gasteiger charge is -2.14. The molecule has 0 saturated heterocycles. The molecule has 3 aromatic carbocycles. The van der Waals surface area contributed by atoms with Crippen LogP contribution in [0.5, 0.6) is 0 Å². The average Bonchev–Trinajstić information content (AvgIpc) is 2.75. The van der Waals surface area contributed by atoms with E-state index >= 15 is 0 Å². The molecule has 0 radical (unpaired) electrons. The minimum atomic E-state index is -3.83. The van der Waals surface area contributed by atoms with Crippen LogP contribution in [0.1, 0.15) is 10.4 Å². The molecule has 0 aliphatic heterocycles. The standard InChI is InChI=1S/C22H17N3O3S/c26-22(16-6-2-1-3-7-16)24-20-10-11-21(19-9-5-4-8-18(19)20)29(27,28)25-17-12-14-23-15-13-17/h1-15H,(H,23,25)(H,24,26). The van der Waals surface area contributed by atoms with Crippen molar-refractivity contribution in [1.82, 2.24) is 4.98 Å². The number of aromatic nitrogens is 1. The van der Waals surface area contributed by atoms with Gasteiger partial charge in [0.15, 0.2) is 0 Å². The number of rotatable bonds is 5. The quantitative estimate of drug-likeness (QED) is 0.520. The summed E-state index contributed by atoms with van der Waals surface area (Å²) >= 11 is 0. The van der Waals surface area contributed by atoms with Gasteiger partial charge in [-0.25, -0.2) is 8.42 Å². The third kappa shape index (κ3) is 3.95. The van der Waals surface area contributed by atoms with E-state index in [4.69, 9.17) is 0 Å². The van der Waals surface area contributed by atoms with E-state index in [9.17, 15) is 13.2 Å². The lowest BCUT2D eigenvalue weighted by molar-refractivity contribution is 0.102. The van der Waals surface area contributed by atoms with Gasteiger partial charge in [0.1, 0.15) is 0 Å². The number of nitrogens with zero attached hydrogens (tertiary/aromatic N) is 1. The van der Waals surface area contributed by atoms with Crippen LogP contribution in [0.3, 0.4) is 0 Å². The Hall–Kier alpha value is -3.71. The third-order valence-electron chi connectivity index (χ3n) is 4.39. The van der Waals surface area contributed by atoms with Crippen LogP contribution in [-0.4, -0.2) is 19.3 Å². The summed E-state index contributed by atoms with van der Waals surface area (Å²) in [6.07, 6.45) is 3.02. The van der Waals surface area contributed by atoms with Crippen LogP contribution >= 0.6 is 0 Å². The van der Waals surface area contributed by atoms with Crippen molar-refractivity contribution in [3.8, 4) is 0 Å². The Morgan fingerprint density at radius 2 is 1.41 bits per heavy atom. The van der Waals surface area contributed by atoms with Crippen molar-refractivity contribution < 1.29 is 13.2 Å². The molecule has 0 aliphatic carbocycles. The number of amides is 1. The number of carbonyl (C=O) groups excluding carboxylic acids is 1. The highest BCUT2D eigenvalue weighted by atomic mass is 32.2. The summed E-state index contributed by atoms with van der Waals surface area (Å²) in [5.41, 5.74) is 1.48. The summed E-state index contributed by atoms with van der Waals surface area (Å²) in [6, 6.07) is 22.1. The number of benzene rings is 3. The molecule has 144 valence electrons. The molecule has 0 unspecified atom stereocenters. The van der Waals surface area contributed by atoms with Crippen molar-refractivity contribution in [3.05, 3.63) is 96.8 Å². The lowest BCUT2D eigenvalue weighted by Crippen LogP contribution is -2.15. The molecule has 4 rings (SSSR count). The average molecular weight is 403 g/mol. The molecular formula is C22H17N3O3S. The minimum absolute atomic E-state index is 0.127. The monoisotopic (exact) mass is 403 g/mol. The second-order valence-electron chi connectivity index (χ2n) is 6.32. The lowest BCUT2D eigenvalue weighted by atomic mass is 10.1. The van der Waals surface area contributed by atoms with E-state index in [1.807, 2.05) is 6.07 Å². The van der Waals surface area contributed by atoms with E-state index in [1.54, 1.807) is 66.7 Å². The molecule has 0 saturated carbocycles. The highest BCUT2D eigenvalue weighted by Gasteiger charge is 2.19. The van der Waals surface area contributed by atoms with Gasteiger partial charge >= 0.3 is 0 Å². The van der Waals surface area contributed by atoms with E-state index in [-0.39, 0.29) is 10.8 Å². The largest absolute Gasteiger partial charge is 0.321 e. The van der Waals surface area contributed by atoms with E-state index in [2.05, 4.69) is 15.0 Å². The van der Waals surface area contributed by atoms with E-state index < -0.39 is 10.0 Å². The Balaban J connectivity index is 1.73. The molecule has 6 nitrogen and oxygen atoms in total. The Labute approximate surface area is 168 Å². The van der Waals surface area contributed by atoms with Crippen molar-refractivity contribution in [2.24, 2.45) is 0 Å². The fraction of sp³-hybridized carbons (Fsp3) is 0. The van der Waals surface area contributed by atoms with Gasteiger partial charge in [0.2, 0.25) is 0 Å². The van der Waals surface area contributed by atoms with Crippen LogP contribution < -0.4 is 10.0 Å². The molecule has 0 spiro atoms. The van der Waals surface area contributed by atoms with Gasteiger partial charge in [0, 0.05) is 34.4 Å². The SMILES string of the molecule is O=C(Nc1ccc(S(=O)(=O)Nc2ccncc2)c2ccccc12)c1ccccc1. The predicted octanol–water partition coefficient (Wildman–Crippen LogP) is 4.29. The number of sulfonamides is 1. The normalized spacial score (nSPS) is 11.2. The second kappa shape index (κ2) is 7.73. The zero-order valence-corrected chi connectivity index (χ0v) is 16.1. The van der Waals surface area contributed by atoms with Crippen molar-refractivity contribution in [2.75, 3.05) is 10.0 Å². The number of pyridine rings is 1. The summed E-state index contributed by atoms with van der Waals surface area (Å²) in [6.45, 7) is 0. The number of carbonyl (C=O) groups is 1. The maximum absolute atomic E-state index is 13.0. The number of nitrogens with one attached hydrogen (secondary N) is 2. The van der Waals surface area contributed by atoms with Gasteiger partial charge in [-0.3, -0.25) is 14.5 Å². The summed E-state index contributed by atoms with van der Waals surface area (Å²) in [7, 11) is -3.83. The molecular weight excluding hydrogens is 386 g/mol. The Bertz CT molecular complexity index is 1270. The maximum Gasteiger partial charge on any atom is 0.262 e. The van der Waals surface area contributed by atoms with Crippen molar-refractivity contribution in [3.63, 3.8) is 0 Å². The molecule has 0 fully saturated rings. The molecule has 0 atom stereocenters. The summed E-state index contributed by atoms with van der Waals surface area (Å²) in [4.78, 5) is 16.5. The van der Waals surface area contributed by atoms with Crippen molar-refractivity contribution >= 4 is 38.1 Å². The Morgan fingerprint density at radius 1 is 0.759 bits per heavy atom. The fourth-order valence-electron chi connectivity index (χ4n) is 3.03. The molecule has 4 aromatic rings. The molecule has 1 heterocycles. The van der Waals surface area contributed by atoms with Gasteiger partial charge in [-0.2, -0.15) is 0 Å². The van der Waals surface area contributed by atoms with Gasteiger partial charge in [-0.05, 0) is 36.4 Å². The molecule has 7 heteroatoms. The maximum atomic E-state index is 13.0. The van der Waals surface area contributed by atoms with Gasteiger partial charge in [0.05, 0.1) is 10.6 Å². The van der Waals surface area contributed by atoms with E-state index in [1.165, 1.54) is 18.5 Å². The predicted molar refractivity (Wildman–Crippen MR) is 113 cm³/mol. The first-order chi connectivity index (χ1) is 14.0. The van der Waals surface area contributed by atoms with Crippen LogP contribution in [0.15, 0.2) is 96.2 Å². The van der Waals surface area contributed by atoms with Crippen LogP contribution in [0.2, 0.25) is 0 Å². The van der Waals surface area contributed by atoms with Crippen LogP contribution in [0, 0.1) is 0 Å².